The number of aromatic hydroxyl groups is 1. The Bertz CT molecular complexity index is 1300. The molecule has 1 aromatic heterocycles. The van der Waals surface area contributed by atoms with Crippen molar-refractivity contribution in [2.75, 3.05) is 40.3 Å². The third-order valence-corrected chi connectivity index (χ3v) is 7.88. The fourth-order valence-electron chi connectivity index (χ4n) is 6.27. The molecule has 37 heavy (non-hydrogen) atoms. The number of carbonyl (C=O) groups excluding carboxylic acids is 3. The summed E-state index contributed by atoms with van der Waals surface area (Å²) in [6, 6.07) is 9.48. The highest BCUT2D eigenvalue weighted by molar-refractivity contribution is 6.19. The molecule has 0 unspecified atom stereocenters. The number of ether oxygens (including phenoxy) is 1. The average Bonchev–Trinajstić information content (AvgIpc) is 2.88. The van der Waals surface area contributed by atoms with E-state index in [1.807, 2.05) is 10.6 Å². The topological polar surface area (TPSA) is 112 Å². The van der Waals surface area contributed by atoms with Crippen LogP contribution in [0, 0.1) is 11.3 Å². The zero-order chi connectivity index (χ0) is 26.5. The number of rotatable bonds is 6. The van der Waals surface area contributed by atoms with Gasteiger partial charge in [0.1, 0.15) is 5.41 Å². The van der Waals surface area contributed by atoms with Crippen LogP contribution in [-0.4, -0.2) is 82.6 Å². The number of hydrogen-bond acceptors (Lipinski definition) is 7. The Morgan fingerprint density at radius 2 is 1.73 bits per heavy atom. The molecule has 0 spiro atoms. The number of piperidine rings is 1. The molecule has 1 N–H and O–H groups in total. The first-order chi connectivity index (χ1) is 17.6. The summed E-state index contributed by atoms with van der Waals surface area (Å²) in [5.74, 6) is -0.505. The van der Waals surface area contributed by atoms with Crippen molar-refractivity contribution < 1.29 is 24.2 Å². The molecular weight excluding hydrogens is 476 g/mol. The van der Waals surface area contributed by atoms with Crippen LogP contribution in [0.3, 0.4) is 0 Å². The summed E-state index contributed by atoms with van der Waals surface area (Å²) in [6.45, 7) is 4.13. The van der Waals surface area contributed by atoms with Gasteiger partial charge in [-0.15, -0.1) is 0 Å². The van der Waals surface area contributed by atoms with E-state index in [0.717, 1.165) is 21.9 Å². The fourth-order valence-corrected chi connectivity index (χ4v) is 6.27. The fraction of sp³-hybridized carbons (Fsp3) is 0.481. The molecule has 2 saturated heterocycles. The van der Waals surface area contributed by atoms with Crippen molar-refractivity contribution in [1.29, 1.82) is 0 Å². The van der Waals surface area contributed by atoms with E-state index >= 15 is 0 Å². The lowest BCUT2D eigenvalue weighted by atomic mass is 9.75. The molecule has 0 radical (unpaired) electrons. The molecule has 2 fully saturated rings. The number of hydrogen-bond donors (Lipinski definition) is 1. The monoisotopic (exact) mass is 508 g/mol. The van der Waals surface area contributed by atoms with Crippen molar-refractivity contribution in [3.8, 4) is 11.5 Å². The standard InChI is InChI=1S/C27H32N4O6/c1-4-37-22-11-17(8-9-21(22)32)12-27(24(34)28(2)26(36)29(3)25(27)35)16-30-13-18-10-19(15-30)20-6-5-7-23(33)31(20)14-18/h5-9,11,18-19,32H,4,10,12-16H2,1-3H3/t18-,19+/m1/s1. The maximum absolute atomic E-state index is 13.8. The zero-order valence-electron chi connectivity index (χ0n) is 21.3. The van der Waals surface area contributed by atoms with Gasteiger partial charge in [-0.05, 0) is 49.4 Å². The summed E-state index contributed by atoms with van der Waals surface area (Å²) in [7, 11) is 2.80. The minimum absolute atomic E-state index is 0.00560. The summed E-state index contributed by atoms with van der Waals surface area (Å²) >= 11 is 0. The van der Waals surface area contributed by atoms with Crippen molar-refractivity contribution >= 4 is 17.8 Å². The van der Waals surface area contributed by atoms with Gasteiger partial charge in [-0.2, -0.15) is 0 Å². The van der Waals surface area contributed by atoms with E-state index in [9.17, 15) is 24.3 Å². The smallest absolute Gasteiger partial charge is 0.332 e. The number of fused-ring (bicyclic) bond motifs is 4. The number of likely N-dealkylation sites (tertiary alicyclic amines) is 1. The lowest BCUT2D eigenvalue weighted by Crippen LogP contribution is -2.67. The van der Waals surface area contributed by atoms with Crippen molar-refractivity contribution in [3.63, 3.8) is 0 Å². The molecule has 196 valence electrons. The summed E-state index contributed by atoms with van der Waals surface area (Å²) in [5.41, 5.74) is 0.0927. The zero-order valence-corrected chi connectivity index (χ0v) is 21.3. The third kappa shape index (κ3) is 4.19. The van der Waals surface area contributed by atoms with Crippen LogP contribution >= 0.6 is 0 Å². The number of benzene rings is 1. The second kappa shape index (κ2) is 9.33. The van der Waals surface area contributed by atoms with Gasteiger partial charge in [0.15, 0.2) is 11.5 Å². The van der Waals surface area contributed by atoms with Crippen molar-refractivity contribution in [2.24, 2.45) is 11.3 Å². The van der Waals surface area contributed by atoms with E-state index in [0.29, 0.717) is 31.8 Å². The van der Waals surface area contributed by atoms with Crippen LogP contribution in [0.5, 0.6) is 11.5 Å². The Hall–Kier alpha value is -3.66. The van der Waals surface area contributed by atoms with Gasteiger partial charge in [0.05, 0.1) is 6.61 Å². The highest BCUT2D eigenvalue weighted by Gasteiger charge is 2.56. The number of nitrogens with zero attached hydrogens (tertiary/aromatic N) is 4. The van der Waals surface area contributed by atoms with E-state index < -0.39 is 23.3 Å². The highest BCUT2D eigenvalue weighted by atomic mass is 16.5. The predicted molar refractivity (Wildman–Crippen MR) is 134 cm³/mol. The minimum atomic E-state index is -1.53. The molecule has 3 aliphatic heterocycles. The summed E-state index contributed by atoms with van der Waals surface area (Å²) in [5, 5.41) is 10.2. The van der Waals surface area contributed by atoms with Crippen molar-refractivity contribution in [2.45, 2.75) is 32.2 Å². The molecular formula is C27H32N4O6. The van der Waals surface area contributed by atoms with Crippen LogP contribution in [0.1, 0.15) is 30.5 Å². The molecule has 0 saturated carbocycles. The van der Waals surface area contributed by atoms with Crippen LogP contribution in [-0.2, 0) is 22.6 Å². The molecule has 3 aliphatic rings. The number of pyridine rings is 1. The lowest BCUT2D eigenvalue weighted by molar-refractivity contribution is -0.159. The van der Waals surface area contributed by atoms with E-state index in [1.54, 1.807) is 31.2 Å². The molecule has 10 heteroatoms. The Morgan fingerprint density at radius 3 is 2.43 bits per heavy atom. The number of phenolic OH excluding ortho intramolecular Hbond substituents is 1. The second-order valence-corrected chi connectivity index (χ2v) is 10.4. The maximum Gasteiger partial charge on any atom is 0.332 e. The van der Waals surface area contributed by atoms with Gasteiger partial charge in [0.25, 0.3) is 5.56 Å². The largest absolute Gasteiger partial charge is 0.504 e. The molecule has 0 aliphatic carbocycles. The van der Waals surface area contributed by atoms with Gasteiger partial charge < -0.3 is 19.3 Å². The van der Waals surface area contributed by atoms with Crippen LogP contribution in [0.2, 0.25) is 0 Å². The number of imide groups is 2. The SMILES string of the molecule is CCOc1cc(CC2(CN3C[C@H]4C[C@@H](C3)c3cccc(=O)n3C4)C(=O)N(C)C(=O)N(C)C2=O)ccc1O. The van der Waals surface area contributed by atoms with Gasteiger partial charge >= 0.3 is 6.03 Å². The summed E-state index contributed by atoms with van der Waals surface area (Å²) in [6.07, 6.45) is 0.998. The summed E-state index contributed by atoms with van der Waals surface area (Å²) < 4.78 is 7.36. The Morgan fingerprint density at radius 1 is 1.00 bits per heavy atom. The normalized spacial score (nSPS) is 23.3. The van der Waals surface area contributed by atoms with Gasteiger partial charge in [-0.25, -0.2) is 4.79 Å². The molecule has 4 amide bonds. The minimum Gasteiger partial charge on any atom is -0.504 e. The van der Waals surface area contributed by atoms with Crippen molar-refractivity contribution in [3.05, 3.63) is 58.0 Å². The van der Waals surface area contributed by atoms with Gasteiger partial charge in [0, 0.05) is 58.0 Å². The average molecular weight is 509 g/mol. The maximum atomic E-state index is 13.8. The van der Waals surface area contributed by atoms with Crippen LogP contribution < -0.4 is 10.3 Å². The molecule has 10 nitrogen and oxygen atoms in total. The van der Waals surface area contributed by atoms with E-state index in [2.05, 4.69) is 4.90 Å². The first-order valence-electron chi connectivity index (χ1n) is 12.6. The van der Waals surface area contributed by atoms with Crippen molar-refractivity contribution in [1.82, 2.24) is 19.3 Å². The first kappa shape index (κ1) is 25.0. The number of carbonyl (C=O) groups is 3. The molecule has 5 rings (SSSR count). The lowest BCUT2D eigenvalue weighted by Gasteiger charge is -2.48. The third-order valence-electron chi connectivity index (χ3n) is 7.88. The van der Waals surface area contributed by atoms with Gasteiger partial charge in [0.2, 0.25) is 11.8 Å². The number of phenols is 1. The second-order valence-electron chi connectivity index (χ2n) is 10.4. The number of barbiturate groups is 1. The number of urea groups is 1. The number of aromatic nitrogens is 1. The van der Waals surface area contributed by atoms with Gasteiger partial charge in [-0.1, -0.05) is 12.1 Å². The van der Waals surface area contributed by atoms with Crippen LogP contribution in [0.15, 0.2) is 41.2 Å². The Kier molecular flexibility index (Phi) is 6.31. The predicted octanol–water partition coefficient (Wildman–Crippen LogP) is 1.65. The van der Waals surface area contributed by atoms with E-state index in [4.69, 9.17) is 4.74 Å². The molecule has 4 heterocycles. The quantitative estimate of drug-likeness (QED) is 0.591. The number of amides is 4. The summed E-state index contributed by atoms with van der Waals surface area (Å²) in [4.78, 5) is 56.7. The highest BCUT2D eigenvalue weighted by Crippen LogP contribution is 2.40. The van der Waals surface area contributed by atoms with Gasteiger partial charge in [-0.3, -0.25) is 24.2 Å². The first-order valence-corrected chi connectivity index (χ1v) is 12.6. The van der Waals surface area contributed by atoms with Crippen LogP contribution in [0.4, 0.5) is 4.79 Å². The molecule has 2 bridgehead atoms. The Labute approximate surface area is 215 Å². The Balaban J connectivity index is 1.51. The van der Waals surface area contributed by atoms with E-state index in [-0.39, 0.29) is 41.9 Å². The van der Waals surface area contributed by atoms with Crippen LogP contribution in [0.25, 0.3) is 0 Å². The van der Waals surface area contributed by atoms with E-state index in [1.165, 1.54) is 20.2 Å². The molecule has 2 atom stereocenters. The molecule has 1 aromatic carbocycles. The molecule has 2 aromatic rings.